The lowest BCUT2D eigenvalue weighted by Gasteiger charge is -2.20. The molecule has 2 unspecified atom stereocenters. The van der Waals surface area contributed by atoms with Crippen LogP contribution >= 0.6 is 0 Å². The van der Waals surface area contributed by atoms with Crippen LogP contribution in [-0.4, -0.2) is 35.8 Å². The van der Waals surface area contributed by atoms with E-state index in [4.69, 9.17) is 4.74 Å². The van der Waals surface area contributed by atoms with Crippen molar-refractivity contribution in [1.82, 2.24) is 9.97 Å². The second-order valence-electron chi connectivity index (χ2n) is 5.68. The van der Waals surface area contributed by atoms with Crippen LogP contribution in [-0.2, 0) is 4.74 Å². The van der Waals surface area contributed by atoms with Gasteiger partial charge in [-0.2, -0.15) is 0 Å². The lowest BCUT2D eigenvalue weighted by atomic mass is 10.0. The Bertz CT molecular complexity index is 436. The minimum Gasteiger partial charge on any atom is -0.378 e. The summed E-state index contributed by atoms with van der Waals surface area (Å²) >= 11 is 0. The van der Waals surface area contributed by atoms with Crippen LogP contribution in [0.3, 0.4) is 0 Å². The molecule has 20 heavy (non-hydrogen) atoms. The normalized spacial score (nSPS) is 22.2. The molecule has 0 radical (unpaired) electrons. The number of nitrogens with one attached hydrogen (secondary N) is 2. The summed E-state index contributed by atoms with van der Waals surface area (Å²) in [5.41, 5.74) is 1.17. The molecule has 5 heteroatoms. The third kappa shape index (κ3) is 3.39. The Hall–Kier alpha value is -1.36. The van der Waals surface area contributed by atoms with E-state index in [1.807, 2.05) is 0 Å². The van der Waals surface area contributed by atoms with E-state index in [1.54, 1.807) is 6.33 Å². The van der Waals surface area contributed by atoms with Crippen LogP contribution in [0.5, 0.6) is 0 Å². The fourth-order valence-corrected chi connectivity index (χ4v) is 2.66. The van der Waals surface area contributed by atoms with E-state index in [2.05, 4.69) is 48.3 Å². The topological polar surface area (TPSA) is 59.1 Å². The van der Waals surface area contributed by atoms with Crippen LogP contribution < -0.4 is 10.6 Å². The van der Waals surface area contributed by atoms with Crippen molar-refractivity contribution < 1.29 is 4.74 Å². The fraction of sp³-hybridized carbons (Fsp3) is 0.733. The fourth-order valence-electron chi connectivity index (χ4n) is 2.66. The Morgan fingerprint density at radius 2 is 2.00 bits per heavy atom. The Labute approximate surface area is 121 Å². The van der Waals surface area contributed by atoms with Crippen LogP contribution in [0, 0.1) is 5.92 Å². The van der Waals surface area contributed by atoms with Gasteiger partial charge in [-0.1, -0.05) is 13.8 Å². The number of rotatable bonds is 6. The van der Waals surface area contributed by atoms with Gasteiger partial charge in [0.05, 0.1) is 6.10 Å². The maximum absolute atomic E-state index is 5.61. The van der Waals surface area contributed by atoms with Crippen LogP contribution in [0.2, 0.25) is 0 Å². The highest BCUT2D eigenvalue weighted by molar-refractivity contribution is 5.59. The molecule has 112 valence electrons. The first-order chi connectivity index (χ1) is 9.63. The van der Waals surface area contributed by atoms with E-state index in [0.29, 0.717) is 17.9 Å². The van der Waals surface area contributed by atoms with Crippen molar-refractivity contribution in [3.05, 3.63) is 11.9 Å². The zero-order valence-corrected chi connectivity index (χ0v) is 12.9. The second-order valence-corrected chi connectivity index (χ2v) is 5.68. The summed E-state index contributed by atoms with van der Waals surface area (Å²) in [7, 11) is 0. The van der Waals surface area contributed by atoms with Crippen LogP contribution in [0.25, 0.3) is 0 Å². The summed E-state index contributed by atoms with van der Waals surface area (Å²) in [6, 6.07) is 0. The summed E-state index contributed by atoms with van der Waals surface area (Å²) in [6.07, 6.45) is 3.08. The summed E-state index contributed by atoms with van der Waals surface area (Å²) < 4.78 is 5.61. The van der Waals surface area contributed by atoms with E-state index in [0.717, 1.165) is 37.8 Å². The minimum absolute atomic E-state index is 0.333. The van der Waals surface area contributed by atoms with Gasteiger partial charge in [0.15, 0.2) is 0 Å². The van der Waals surface area contributed by atoms with Gasteiger partial charge < -0.3 is 15.4 Å². The van der Waals surface area contributed by atoms with Crippen molar-refractivity contribution in [1.29, 1.82) is 0 Å². The van der Waals surface area contributed by atoms with E-state index < -0.39 is 0 Å². The molecule has 2 heterocycles. The molecule has 0 bridgehead atoms. The smallest absolute Gasteiger partial charge is 0.134 e. The summed E-state index contributed by atoms with van der Waals surface area (Å²) in [6.45, 7) is 11.2. The molecular formula is C15H26N4O. The van der Waals surface area contributed by atoms with Gasteiger partial charge in [-0.3, -0.25) is 0 Å². The molecule has 1 aliphatic rings. The molecule has 1 aromatic rings. The maximum atomic E-state index is 5.61. The quantitative estimate of drug-likeness (QED) is 0.838. The third-order valence-corrected chi connectivity index (χ3v) is 3.87. The zero-order valence-electron chi connectivity index (χ0n) is 12.9. The summed E-state index contributed by atoms with van der Waals surface area (Å²) in [5, 5.41) is 6.81. The van der Waals surface area contributed by atoms with Crippen molar-refractivity contribution in [2.75, 3.05) is 30.3 Å². The monoisotopic (exact) mass is 278 g/mol. The standard InChI is InChI=1S/C15H26N4O/c1-5-16-14-13(10(2)3)15(19-9-18-14)17-8-12-6-7-20-11(12)4/h9-12H,5-8H2,1-4H3,(H2,16,17,18,19). The highest BCUT2D eigenvalue weighted by Crippen LogP contribution is 2.29. The Morgan fingerprint density at radius 1 is 1.30 bits per heavy atom. The second kappa shape index (κ2) is 6.88. The van der Waals surface area contributed by atoms with Gasteiger partial charge in [0.2, 0.25) is 0 Å². The molecular weight excluding hydrogens is 252 g/mol. The third-order valence-electron chi connectivity index (χ3n) is 3.87. The average molecular weight is 278 g/mol. The number of nitrogens with zero attached hydrogens (tertiary/aromatic N) is 2. The van der Waals surface area contributed by atoms with Gasteiger partial charge in [0, 0.05) is 31.2 Å². The maximum Gasteiger partial charge on any atom is 0.134 e. The molecule has 0 aromatic carbocycles. The molecule has 0 spiro atoms. The van der Waals surface area contributed by atoms with Crippen molar-refractivity contribution in [2.24, 2.45) is 5.92 Å². The van der Waals surface area contributed by atoms with E-state index >= 15 is 0 Å². The molecule has 5 nitrogen and oxygen atoms in total. The number of hydrogen-bond acceptors (Lipinski definition) is 5. The summed E-state index contributed by atoms with van der Waals surface area (Å²) in [5.74, 6) is 2.83. The number of aromatic nitrogens is 2. The van der Waals surface area contributed by atoms with Crippen LogP contribution in [0.4, 0.5) is 11.6 Å². The van der Waals surface area contributed by atoms with Crippen LogP contribution in [0.1, 0.15) is 45.6 Å². The van der Waals surface area contributed by atoms with Crippen molar-refractivity contribution in [3.8, 4) is 0 Å². The van der Waals surface area contributed by atoms with Gasteiger partial charge in [0.25, 0.3) is 0 Å². The Kier molecular flexibility index (Phi) is 5.17. The highest BCUT2D eigenvalue weighted by Gasteiger charge is 2.24. The lowest BCUT2D eigenvalue weighted by molar-refractivity contribution is 0.108. The van der Waals surface area contributed by atoms with E-state index in [9.17, 15) is 0 Å². The predicted molar refractivity (Wildman–Crippen MR) is 82.3 cm³/mol. The van der Waals surface area contributed by atoms with Crippen molar-refractivity contribution >= 4 is 11.6 Å². The summed E-state index contributed by atoms with van der Waals surface area (Å²) in [4.78, 5) is 8.78. The molecule has 1 aliphatic heterocycles. The first-order valence-electron chi connectivity index (χ1n) is 7.57. The number of hydrogen-bond donors (Lipinski definition) is 2. The molecule has 0 saturated carbocycles. The number of ether oxygens (including phenoxy) is 1. The van der Waals surface area contributed by atoms with Gasteiger partial charge in [-0.25, -0.2) is 9.97 Å². The molecule has 0 amide bonds. The molecule has 1 saturated heterocycles. The van der Waals surface area contributed by atoms with E-state index in [-0.39, 0.29) is 0 Å². The lowest BCUT2D eigenvalue weighted by Crippen LogP contribution is -2.22. The Balaban J connectivity index is 2.11. The van der Waals surface area contributed by atoms with Gasteiger partial charge in [0.1, 0.15) is 18.0 Å². The molecule has 0 aliphatic carbocycles. The SMILES string of the molecule is CCNc1ncnc(NCC2CCOC2C)c1C(C)C. The van der Waals surface area contributed by atoms with Gasteiger partial charge >= 0.3 is 0 Å². The number of anilines is 2. The largest absolute Gasteiger partial charge is 0.378 e. The van der Waals surface area contributed by atoms with Gasteiger partial charge in [-0.05, 0) is 26.2 Å². The minimum atomic E-state index is 0.333. The molecule has 2 N–H and O–H groups in total. The molecule has 2 atom stereocenters. The zero-order chi connectivity index (χ0) is 14.5. The van der Waals surface area contributed by atoms with Crippen molar-refractivity contribution in [3.63, 3.8) is 0 Å². The van der Waals surface area contributed by atoms with E-state index in [1.165, 1.54) is 5.56 Å². The first kappa shape index (κ1) is 15.0. The Morgan fingerprint density at radius 3 is 2.55 bits per heavy atom. The first-order valence-corrected chi connectivity index (χ1v) is 7.57. The average Bonchev–Trinajstić information content (AvgIpc) is 2.82. The molecule has 2 rings (SSSR count). The van der Waals surface area contributed by atoms with Crippen molar-refractivity contribution in [2.45, 2.75) is 46.1 Å². The van der Waals surface area contributed by atoms with Crippen LogP contribution in [0.15, 0.2) is 6.33 Å². The highest BCUT2D eigenvalue weighted by atomic mass is 16.5. The van der Waals surface area contributed by atoms with Gasteiger partial charge in [-0.15, -0.1) is 0 Å². The predicted octanol–water partition coefficient (Wildman–Crippen LogP) is 2.87. The molecule has 1 fully saturated rings. The molecule has 1 aromatic heterocycles.